The summed E-state index contributed by atoms with van der Waals surface area (Å²) in [4.78, 5) is 15.0. The van der Waals surface area contributed by atoms with Crippen molar-refractivity contribution in [1.29, 1.82) is 5.26 Å². The number of thioether (sulfide) groups is 1. The number of benzene rings is 2. The third-order valence-corrected chi connectivity index (χ3v) is 4.42. The summed E-state index contributed by atoms with van der Waals surface area (Å²) in [5.74, 6) is 1.30. The topological polar surface area (TPSA) is 53.3 Å². The zero-order valence-electron chi connectivity index (χ0n) is 13.9. The number of ether oxygens (including phenoxy) is 1. The predicted octanol–water partition coefficient (Wildman–Crippen LogP) is 3.71. The van der Waals surface area contributed by atoms with Crippen LogP contribution in [0.25, 0.3) is 0 Å². The SMILES string of the molecule is CCOc1ccc(SCC(=O)N(C)Cc2ccc(C#N)cc2)cc1. The molecule has 0 N–H and O–H groups in total. The summed E-state index contributed by atoms with van der Waals surface area (Å²) in [6, 6.07) is 17.1. The Balaban J connectivity index is 1.83. The monoisotopic (exact) mass is 340 g/mol. The number of rotatable bonds is 7. The lowest BCUT2D eigenvalue weighted by molar-refractivity contribution is -0.127. The highest BCUT2D eigenvalue weighted by Gasteiger charge is 2.10. The number of nitriles is 1. The molecule has 0 aliphatic carbocycles. The van der Waals surface area contributed by atoms with Crippen LogP contribution in [0.1, 0.15) is 18.1 Å². The van der Waals surface area contributed by atoms with E-state index in [1.807, 2.05) is 43.3 Å². The van der Waals surface area contributed by atoms with Crippen LogP contribution in [-0.4, -0.2) is 30.2 Å². The van der Waals surface area contributed by atoms with Crippen molar-refractivity contribution in [2.75, 3.05) is 19.4 Å². The third-order valence-electron chi connectivity index (χ3n) is 3.43. The standard InChI is InChI=1S/C19H20N2O2S/c1-3-23-17-8-10-18(11-9-17)24-14-19(22)21(2)13-16-6-4-15(12-20)5-7-16/h4-11H,3,13-14H2,1-2H3. The zero-order valence-corrected chi connectivity index (χ0v) is 14.7. The van der Waals surface area contributed by atoms with Crippen molar-refractivity contribution in [1.82, 2.24) is 4.90 Å². The van der Waals surface area contributed by atoms with Gasteiger partial charge in [0.25, 0.3) is 0 Å². The second kappa shape index (κ2) is 8.99. The summed E-state index contributed by atoms with van der Waals surface area (Å²) < 4.78 is 5.40. The van der Waals surface area contributed by atoms with Gasteiger partial charge in [-0.2, -0.15) is 5.26 Å². The number of hydrogen-bond donors (Lipinski definition) is 0. The molecule has 4 nitrogen and oxygen atoms in total. The van der Waals surface area contributed by atoms with Crippen LogP contribution < -0.4 is 4.74 Å². The van der Waals surface area contributed by atoms with Gasteiger partial charge in [0.15, 0.2) is 0 Å². The van der Waals surface area contributed by atoms with E-state index in [1.165, 1.54) is 11.8 Å². The largest absolute Gasteiger partial charge is 0.494 e. The lowest BCUT2D eigenvalue weighted by atomic mass is 10.1. The first-order chi connectivity index (χ1) is 11.6. The molecule has 0 spiro atoms. The predicted molar refractivity (Wildman–Crippen MR) is 96.0 cm³/mol. The van der Waals surface area contributed by atoms with Gasteiger partial charge in [-0.25, -0.2) is 0 Å². The molecule has 2 aromatic rings. The van der Waals surface area contributed by atoms with Gasteiger partial charge in [0.1, 0.15) is 5.75 Å². The molecule has 124 valence electrons. The van der Waals surface area contributed by atoms with Crippen LogP contribution in [0.15, 0.2) is 53.4 Å². The maximum atomic E-state index is 12.2. The van der Waals surface area contributed by atoms with Crippen LogP contribution >= 0.6 is 11.8 Å². The summed E-state index contributed by atoms with van der Waals surface area (Å²) in [5, 5.41) is 8.80. The molecule has 0 fully saturated rings. The van der Waals surface area contributed by atoms with Crippen molar-refractivity contribution in [2.24, 2.45) is 0 Å². The molecule has 0 saturated carbocycles. The molecule has 2 aromatic carbocycles. The average Bonchev–Trinajstić information content (AvgIpc) is 2.61. The molecule has 2 rings (SSSR count). The Kier molecular flexibility index (Phi) is 6.71. The summed E-state index contributed by atoms with van der Waals surface area (Å²) in [5.41, 5.74) is 1.63. The van der Waals surface area contributed by atoms with Crippen molar-refractivity contribution in [3.05, 3.63) is 59.7 Å². The first-order valence-corrected chi connectivity index (χ1v) is 8.69. The van der Waals surface area contributed by atoms with Gasteiger partial charge in [0.2, 0.25) is 5.91 Å². The first-order valence-electron chi connectivity index (χ1n) is 7.71. The molecule has 0 atom stereocenters. The molecule has 0 aliphatic rings. The van der Waals surface area contributed by atoms with E-state index in [1.54, 1.807) is 24.1 Å². The van der Waals surface area contributed by atoms with E-state index in [-0.39, 0.29) is 5.91 Å². The molecular weight excluding hydrogens is 320 g/mol. The van der Waals surface area contributed by atoms with Crippen molar-refractivity contribution in [2.45, 2.75) is 18.4 Å². The number of carbonyl (C=O) groups excluding carboxylic acids is 1. The highest BCUT2D eigenvalue weighted by molar-refractivity contribution is 8.00. The fourth-order valence-electron chi connectivity index (χ4n) is 2.10. The maximum absolute atomic E-state index is 12.2. The molecule has 1 amide bonds. The Hall–Kier alpha value is -2.45. The van der Waals surface area contributed by atoms with Crippen LogP contribution in [0.4, 0.5) is 0 Å². The van der Waals surface area contributed by atoms with Crippen molar-refractivity contribution < 1.29 is 9.53 Å². The van der Waals surface area contributed by atoms with Gasteiger partial charge >= 0.3 is 0 Å². The highest BCUT2D eigenvalue weighted by atomic mass is 32.2. The second-order valence-electron chi connectivity index (χ2n) is 5.25. The van der Waals surface area contributed by atoms with Crippen LogP contribution in [-0.2, 0) is 11.3 Å². The number of carbonyl (C=O) groups is 1. The fourth-order valence-corrected chi connectivity index (χ4v) is 2.94. The minimum Gasteiger partial charge on any atom is -0.494 e. The third kappa shape index (κ3) is 5.32. The fraction of sp³-hybridized carbons (Fsp3) is 0.263. The van der Waals surface area contributed by atoms with Crippen molar-refractivity contribution in [3.63, 3.8) is 0 Å². The molecule has 5 heteroatoms. The van der Waals surface area contributed by atoms with Gasteiger partial charge in [0.05, 0.1) is 24.0 Å². The summed E-state index contributed by atoms with van der Waals surface area (Å²) in [7, 11) is 1.79. The Morgan fingerprint density at radius 1 is 1.17 bits per heavy atom. The van der Waals surface area contributed by atoms with Crippen LogP contribution in [0.3, 0.4) is 0 Å². The Morgan fingerprint density at radius 3 is 2.42 bits per heavy atom. The van der Waals surface area contributed by atoms with E-state index in [2.05, 4.69) is 6.07 Å². The minimum atomic E-state index is 0.0678. The molecule has 24 heavy (non-hydrogen) atoms. The lowest BCUT2D eigenvalue weighted by Gasteiger charge is -2.17. The Labute approximate surface area is 147 Å². The number of hydrogen-bond acceptors (Lipinski definition) is 4. The molecule has 0 aliphatic heterocycles. The van der Waals surface area contributed by atoms with E-state index >= 15 is 0 Å². The van der Waals surface area contributed by atoms with Gasteiger partial charge in [-0.05, 0) is 48.9 Å². The Morgan fingerprint density at radius 2 is 1.83 bits per heavy atom. The molecular formula is C19H20N2O2S. The van der Waals surface area contributed by atoms with E-state index in [4.69, 9.17) is 10.00 Å². The smallest absolute Gasteiger partial charge is 0.232 e. The molecule has 0 bridgehead atoms. The summed E-state index contributed by atoms with van der Waals surface area (Å²) in [6.07, 6.45) is 0. The van der Waals surface area contributed by atoms with Gasteiger partial charge in [-0.1, -0.05) is 12.1 Å². The normalized spacial score (nSPS) is 10.0. The highest BCUT2D eigenvalue weighted by Crippen LogP contribution is 2.22. The quantitative estimate of drug-likeness (QED) is 0.721. The van der Waals surface area contributed by atoms with Gasteiger partial charge < -0.3 is 9.64 Å². The molecule has 0 heterocycles. The van der Waals surface area contributed by atoms with Gasteiger partial charge in [0, 0.05) is 18.5 Å². The minimum absolute atomic E-state index is 0.0678. The first kappa shape index (κ1) is 17.9. The maximum Gasteiger partial charge on any atom is 0.232 e. The van der Waals surface area contributed by atoms with Crippen molar-refractivity contribution >= 4 is 17.7 Å². The molecule has 0 saturated heterocycles. The van der Waals surface area contributed by atoms with E-state index in [0.29, 0.717) is 24.5 Å². The lowest BCUT2D eigenvalue weighted by Crippen LogP contribution is -2.27. The van der Waals surface area contributed by atoms with Crippen LogP contribution in [0, 0.1) is 11.3 Å². The molecule has 0 unspecified atom stereocenters. The van der Waals surface area contributed by atoms with Gasteiger partial charge in [-0.3, -0.25) is 4.79 Å². The molecule has 0 aromatic heterocycles. The number of nitrogens with zero attached hydrogens (tertiary/aromatic N) is 2. The average molecular weight is 340 g/mol. The van der Waals surface area contributed by atoms with E-state index in [9.17, 15) is 4.79 Å². The number of amides is 1. The Bertz CT molecular complexity index is 706. The van der Waals surface area contributed by atoms with Crippen molar-refractivity contribution in [3.8, 4) is 11.8 Å². The van der Waals surface area contributed by atoms with Crippen LogP contribution in [0.2, 0.25) is 0 Å². The van der Waals surface area contributed by atoms with Gasteiger partial charge in [-0.15, -0.1) is 11.8 Å². The molecule has 0 radical (unpaired) electrons. The van der Waals surface area contributed by atoms with E-state index < -0.39 is 0 Å². The van der Waals surface area contributed by atoms with Crippen LogP contribution in [0.5, 0.6) is 5.75 Å². The van der Waals surface area contributed by atoms with E-state index in [0.717, 1.165) is 16.2 Å². The second-order valence-corrected chi connectivity index (χ2v) is 6.30. The zero-order chi connectivity index (χ0) is 17.4. The summed E-state index contributed by atoms with van der Waals surface area (Å²) >= 11 is 1.51. The summed E-state index contributed by atoms with van der Waals surface area (Å²) in [6.45, 7) is 3.13.